The van der Waals surface area contributed by atoms with Gasteiger partial charge in [-0.3, -0.25) is 5.10 Å². The van der Waals surface area contributed by atoms with Crippen LogP contribution in [0.3, 0.4) is 0 Å². The first-order chi connectivity index (χ1) is 8.33. The van der Waals surface area contributed by atoms with Crippen molar-refractivity contribution in [3.05, 3.63) is 24.4 Å². The Kier molecular flexibility index (Phi) is 2.97. The fraction of sp³-hybridized carbons (Fsp3) is 0.462. The number of nitrogens with zero attached hydrogens (tertiary/aromatic N) is 1. The van der Waals surface area contributed by atoms with Crippen molar-refractivity contribution in [1.82, 2.24) is 10.2 Å². The Hall–Kier alpha value is -1.16. The minimum absolute atomic E-state index is 0.595. The molecule has 1 aliphatic heterocycles. The third-order valence-electron chi connectivity index (χ3n) is 3.40. The molecule has 3 rings (SSSR count). The molecule has 0 aliphatic carbocycles. The maximum atomic E-state index is 4.05. The van der Waals surface area contributed by atoms with Crippen LogP contribution in [0, 0.1) is 0 Å². The molecule has 0 spiro atoms. The molecule has 1 saturated heterocycles. The fourth-order valence-electron chi connectivity index (χ4n) is 2.36. The predicted octanol–water partition coefficient (Wildman–Crippen LogP) is 3.26. The Bertz CT molecular complexity index is 508. The molecule has 2 aromatic rings. The largest absolute Gasteiger partial charge is 0.381 e. The van der Waals surface area contributed by atoms with Crippen molar-refractivity contribution >= 4 is 28.4 Å². The standard InChI is InChI=1S/C13H17N3S/c1-9-12(3-2-6-17-9)15-11-4-5-13-10(7-11)8-14-16-13/h4-5,7-9,12,15H,2-3,6H2,1H3,(H,14,16). The second-order valence-corrected chi connectivity index (χ2v) is 6.13. The molecule has 0 radical (unpaired) electrons. The molecule has 1 aliphatic rings. The van der Waals surface area contributed by atoms with Gasteiger partial charge in [0.15, 0.2) is 0 Å². The van der Waals surface area contributed by atoms with Gasteiger partial charge < -0.3 is 5.32 Å². The summed E-state index contributed by atoms with van der Waals surface area (Å²) in [5, 5.41) is 12.5. The zero-order chi connectivity index (χ0) is 11.7. The number of aromatic amines is 1. The van der Waals surface area contributed by atoms with Gasteiger partial charge in [0.25, 0.3) is 0 Å². The van der Waals surface area contributed by atoms with Gasteiger partial charge in [0, 0.05) is 22.4 Å². The Morgan fingerprint density at radius 2 is 2.41 bits per heavy atom. The van der Waals surface area contributed by atoms with Crippen molar-refractivity contribution in [3.8, 4) is 0 Å². The Morgan fingerprint density at radius 3 is 3.29 bits per heavy atom. The topological polar surface area (TPSA) is 40.7 Å². The van der Waals surface area contributed by atoms with E-state index in [-0.39, 0.29) is 0 Å². The summed E-state index contributed by atoms with van der Waals surface area (Å²) in [6.45, 7) is 2.32. The monoisotopic (exact) mass is 247 g/mol. The summed E-state index contributed by atoms with van der Waals surface area (Å²) in [5.41, 5.74) is 2.31. The van der Waals surface area contributed by atoms with Crippen molar-refractivity contribution in [2.45, 2.75) is 31.1 Å². The highest BCUT2D eigenvalue weighted by molar-refractivity contribution is 8.00. The Labute approximate surface area is 105 Å². The molecule has 1 fully saturated rings. The highest BCUT2D eigenvalue weighted by Gasteiger charge is 2.21. The van der Waals surface area contributed by atoms with Crippen LogP contribution in [0.1, 0.15) is 19.8 Å². The second-order valence-electron chi connectivity index (χ2n) is 4.64. The highest BCUT2D eigenvalue weighted by Crippen LogP contribution is 2.28. The van der Waals surface area contributed by atoms with Crippen molar-refractivity contribution in [1.29, 1.82) is 0 Å². The third-order valence-corrected chi connectivity index (χ3v) is 4.78. The van der Waals surface area contributed by atoms with E-state index in [1.807, 2.05) is 6.20 Å². The zero-order valence-corrected chi connectivity index (χ0v) is 10.8. The molecule has 0 amide bonds. The van der Waals surface area contributed by atoms with E-state index in [9.17, 15) is 0 Å². The third kappa shape index (κ3) is 2.27. The highest BCUT2D eigenvalue weighted by atomic mass is 32.2. The number of thioether (sulfide) groups is 1. The SMILES string of the molecule is CC1SCCCC1Nc1ccc2[nH]ncc2c1. The van der Waals surface area contributed by atoms with Gasteiger partial charge in [-0.05, 0) is 36.8 Å². The number of hydrogen-bond donors (Lipinski definition) is 2. The van der Waals surface area contributed by atoms with E-state index < -0.39 is 0 Å². The molecule has 1 aromatic carbocycles. The number of fused-ring (bicyclic) bond motifs is 1. The molecule has 0 bridgehead atoms. The normalized spacial score (nSPS) is 25.0. The first-order valence-corrected chi connectivity index (χ1v) is 7.19. The summed E-state index contributed by atoms with van der Waals surface area (Å²) in [6, 6.07) is 6.99. The van der Waals surface area contributed by atoms with Crippen molar-refractivity contribution < 1.29 is 0 Å². The number of hydrogen-bond acceptors (Lipinski definition) is 3. The molecule has 2 unspecified atom stereocenters. The Morgan fingerprint density at radius 1 is 1.47 bits per heavy atom. The zero-order valence-electron chi connectivity index (χ0n) is 9.94. The maximum Gasteiger partial charge on any atom is 0.0651 e. The van der Waals surface area contributed by atoms with Crippen LogP contribution in [0.15, 0.2) is 24.4 Å². The van der Waals surface area contributed by atoms with E-state index in [1.165, 1.54) is 29.7 Å². The van der Waals surface area contributed by atoms with E-state index in [1.54, 1.807) is 0 Å². The van der Waals surface area contributed by atoms with Gasteiger partial charge in [0.1, 0.15) is 0 Å². The number of benzene rings is 1. The molecule has 2 atom stereocenters. The molecule has 90 valence electrons. The average Bonchev–Trinajstić information content (AvgIpc) is 2.79. The van der Waals surface area contributed by atoms with Crippen LogP contribution < -0.4 is 5.32 Å². The van der Waals surface area contributed by atoms with Crippen LogP contribution in [-0.4, -0.2) is 27.2 Å². The lowest BCUT2D eigenvalue weighted by Gasteiger charge is -2.29. The van der Waals surface area contributed by atoms with Crippen LogP contribution in [0.2, 0.25) is 0 Å². The maximum absolute atomic E-state index is 4.05. The molecule has 2 N–H and O–H groups in total. The molecule has 17 heavy (non-hydrogen) atoms. The van der Waals surface area contributed by atoms with Gasteiger partial charge in [-0.15, -0.1) is 0 Å². The van der Waals surface area contributed by atoms with E-state index in [0.717, 1.165) is 5.52 Å². The number of anilines is 1. The van der Waals surface area contributed by atoms with Gasteiger partial charge in [-0.2, -0.15) is 16.9 Å². The molecule has 4 heteroatoms. The predicted molar refractivity (Wildman–Crippen MR) is 74.7 cm³/mol. The van der Waals surface area contributed by atoms with Gasteiger partial charge in [0.2, 0.25) is 0 Å². The van der Waals surface area contributed by atoms with Gasteiger partial charge >= 0.3 is 0 Å². The number of H-pyrrole nitrogens is 1. The molecular formula is C13H17N3S. The lowest BCUT2D eigenvalue weighted by Crippen LogP contribution is -2.32. The number of rotatable bonds is 2. The van der Waals surface area contributed by atoms with Crippen LogP contribution in [-0.2, 0) is 0 Å². The molecule has 2 heterocycles. The van der Waals surface area contributed by atoms with Crippen molar-refractivity contribution in [3.63, 3.8) is 0 Å². The van der Waals surface area contributed by atoms with Crippen LogP contribution in [0.25, 0.3) is 10.9 Å². The van der Waals surface area contributed by atoms with Crippen molar-refractivity contribution in [2.75, 3.05) is 11.1 Å². The molecular weight excluding hydrogens is 230 g/mol. The van der Waals surface area contributed by atoms with E-state index in [0.29, 0.717) is 11.3 Å². The van der Waals surface area contributed by atoms with E-state index in [4.69, 9.17) is 0 Å². The second kappa shape index (κ2) is 4.61. The first kappa shape index (κ1) is 11.0. The minimum atomic E-state index is 0.595. The lowest BCUT2D eigenvalue weighted by molar-refractivity contribution is 0.617. The summed E-state index contributed by atoms with van der Waals surface area (Å²) in [4.78, 5) is 0. The molecule has 0 saturated carbocycles. The number of nitrogens with one attached hydrogen (secondary N) is 2. The van der Waals surface area contributed by atoms with Gasteiger partial charge in [-0.1, -0.05) is 6.92 Å². The van der Waals surface area contributed by atoms with Crippen LogP contribution >= 0.6 is 11.8 Å². The quantitative estimate of drug-likeness (QED) is 0.855. The Balaban J connectivity index is 1.79. The van der Waals surface area contributed by atoms with Gasteiger partial charge in [0.05, 0.1) is 11.7 Å². The lowest BCUT2D eigenvalue weighted by atomic mass is 10.1. The molecule has 1 aromatic heterocycles. The minimum Gasteiger partial charge on any atom is -0.381 e. The van der Waals surface area contributed by atoms with Crippen LogP contribution in [0.5, 0.6) is 0 Å². The van der Waals surface area contributed by atoms with Crippen molar-refractivity contribution in [2.24, 2.45) is 0 Å². The van der Waals surface area contributed by atoms with E-state index >= 15 is 0 Å². The number of aromatic nitrogens is 2. The average molecular weight is 247 g/mol. The smallest absolute Gasteiger partial charge is 0.0651 e. The summed E-state index contributed by atoms with van der Waals surface area (Å²) >= 11 is 2.07. The summed E-state index contributed by atoms with van der Waals surface area (Å²) in [5.74, 6) is 1.31. The van der Waals surface area contributed by atoms with Crippen LogP contribution in [0.4, 0.5) is 5.69 Å². The summed E-state index contributed by atoms with van der Waals surface area (Å²) in [7, 11) is 0. The summed E-state index contributed by atoms with van der Waals surface area (Å²) in [6.07, 6.45) is 4.47. The fourth-order valence-corrected chi connectivity index (χ4v) is 3.50. The summed E-state index contributed by atoms with van der Waals surface area (Å²) < 4.78 is 0. The van der Waals surface area contributed by atoms with Gasteiger partial charge in [-0.25, -0.2) is 0 Å². The van der Waals surface area contributed by atoms with E-state index in [2.05, 4.69) is 52.4 Å². The molecule has 3 nitrogen and oxygen atoms in total. The first-order valence-electron chi connectivity index (χ1n) is 6.14.